The van der Waals surface area contributed by atoms with Gasteiger partial charge in [-0.25, -0.2) is 0 Å². The summed E-state index contributed by atoms with van der Waals surface area (Å²) < 4.78 is 1.72. The van der Waals surface area contributed by atoms with Crippen molar-refractivity contribution < 1.29 is 0 Å². The van der Waals surface area contributed by atoms with Gasteiger partial charge in [0.15, 0.2) is 0 Å². The van der Waals surface area contributed by atoms with Gasteiger partial charge in [0, 0.05) is 32.9 Å². The molecule has 5 nitrogen and oxygen atoms in total. The molecule has 1 aromatic rings. The highest BCUT2D eigenvalue weighted by atomic mass is 15.4. The molecule has 0 spiro atoms. The molecule has 0 unspecified atom stereocenters. The molecule has 0 saturated carbocycles. The Balaban J connectivity index is 2.11. The molecule has 1 aromatic heterocycles. The van der Waals surface area contributed by atoms with E-state index in [1.54, 1.807) is 4.68 Å². The van der Waals surface area contributed by atoms with Crippen LogP contribution in [0, 0.1) is 0 Å². The molecule has 15 heavy (non-hydrogen) atoms. The van der Waals surface area contributed by atoms with Crippen molar-refractivity contribution in [1.29, 1.82) is 0 Å². The number of nitrogens with one attached hydrogen (secondary N) is 1. The van der Waals surface area contributed by atoms with Gasteiger partial charge in [-0.05, 0) is 13.1 Å². The van der Waals surface area contributed by atoms with Crippen molar-refractivity contribution in [3.05, 3.63) is 11.9 Å². The molecule has 1 heterocycles. The van der Waals surface area contributed by atoms with Crippen LogP contribution >= 0.6 is 0 Å². The van der Waals surface area contributed by atoms with Gasteiger partial charge in [0.25, 0.3) is 0 Å². The standard InChI is InChI=1S/C10H21N5/c1-4-15(5-2)7-6-11-8-10-9-14(3)13-12-10/h9,11H,4-8H2,1-3H3. The topological polar surface area (TPSA) is 46.0 Å². The van der Waals surface area contributed by atoms with Crippen molar-refractivity contribution in [3.8, 4) is 0 Å². The molecule has 0 aliphatic heterocycles. The van der Waals surface area contributed by atoms with E-state index >= 15 is 0 Å². The van der Waals surface area contributed by atoms with Gasteiger partial charge in [0.2, 0.25) is 0 Å². The molecule has 1 rings (SSSR count). The van der Waals surface area contributed by atoms with Crippen molar-refractivity contribution in [2.75, 3.05) is 26.2 Å². The first-order valence-electron chi connectivity index (χ1n) is 5.54. The quantitative estimate of drug-likeness (QED) is 0.657. The third-order valence-electron chi connectivity index (χ3n) is 2.46. The third kappa shape index (κ3) is 4.40. The van der Waals surface area contributed by atoms with Gasteiger partial charge in [0.1, 0.15) is 0 Å². The van der Waals surface area contributed by atoms with Crippen molar-refractivity contribution in [2.24, 2.45) is 7.05 Å². The zero-order chi connectivity index (χ0) is 11.1. The normalized spacial score (nSPS) is 11.2. The summed E-state index contributed by atoms with van der Waals surface area (Å²) >= 11 is 0. The van der Waals surface area contributed by atoms with E-state index < -0.39 is 0 Å². The Bertz CT molecular complexity index is 267. The minimum absolute atomic E-state index is 0.801. The van der Waals surface area contributed by atoms with Crippen molar-refractivity contribution in [2.45, 2.75) is 20.4 Å². The first-order valence-corrected chi connectivity index (χ1v) is 5.54. The predicted molar refractivity (Wildman–Crippen MR) is 60.5 cm³/mol. The molecular formula is C10H21N5. The average Bonchev–Trinajstić information content (AvgIpc) is 2.65. The number of hydrogen-bond donors (Lipinski definition) is 1. The maximum atomic E-state index is 4.01. The summed E-state index contributed by atoms with van der Waals surface area (Å²) in [6.45, 7) is 9.49. The zero-order valence-electron chi connectivity index (χ0n) is 9.90. The molecule has 86 valence electrons. The van der Waals surface area contributed by atoms with Crippen LogP contribution in [0.5, 0.6) is 0 Å². The predicted octanol–water partition coefficient (Wildman–Crippen LogP) is 0.246. The van der Waals surface area contributed by atoms with Crippen LogP contribution in [-0.4, -0.2) is 46.1 Å². The lowest BCUT2D eigenvalue weighted by Crippen LogP contribution is -2.31. The molecule has 0 amide bonds. The van der Waals surface area contributed by atoms with Crippen LogP contribution in [0.4, 0.5) is 0 Å². The maximum Gasteiger partial charge on any atom is 0.0964 e. The Labute approximate surface area is 91.5 Å². The minimum Gasteiger partial charge on any atom is -0.310 e. The lowest BCUT2D eigenvalue weighted by atomic mass is 10.4. The Morgan fingerprint density at radius 3 is 2.67 bits per heavy atom. The second-order valence-corrected chi connectivity index (χ2v) is 3.59. The average molecular weight is 211 g/mol. The van der Waals surface area contributed by atoms with Crippen LogP contribution in [0.3, 0.4) is 0 Å². The Morgan fingerprint density at radius 2 is 2.13 bits per heavy atom. The molecule has 0 bridgehead atoms. The lowest BCUT2D eigenvalue weighted by Gasteiger charge is -2.17. The maximum absolute atomic E-state index is 4.01. The Kier molecular flexibility index (Phi) is 5.28. The van der Waals surface area contributed by atoms with Gasteiger partial charge >= 0.3 is 0 Å². The summed E-state index contributed by atoms with van der Waals surface area (Å²) in [6.07, 6.45) is 1.93. The smallest absolute Gasteiger partial charge is 0.0964 e. The first-order chi connectivity index (χ1) is 7.26. The summed E-state index contributed by atoms with van der Waals surface area (Å²) in [5.74, 6) is 0. The van der Waals surface area contributed by atoms with Gasteiger partial charge in [-0.1, -0.05) is 19.1 Å². The fourth-order valence-corrected chi connectivity index (χ4v) is 1.47. The lowest BCUT2D eigenvalue weighted by molar-refractivity contribution is 0.302. The Morgan fingerprint density at radius 1 is 1.40 bits per heavy atom. The van der Waals surface area contributed by atoms with E-state index in [1.807, 2.05) is 13.2 Å². The summed E-state index contributed by atoms with van der Waals surface area (Å²) in [5.41, 5.74) is 0.997. The highest BCUT2D eigenvalue weighted by molar-refractivity contribution is 4.90. The number of aryl methyl sites for hydroxylation is 1. The number of likely N-dealkylation sites (N-methyl/N-ethyl adjacent to an activating group) is 1. The monoisotopic (exact) mass is 211 g/mol. The van der Waals surface area contributed by atoms with Gasteiger partial charge in [-0.3, -0.25) is 4.68 Å². The van der Waals surface area contributed by atoms with Crippen molar-refractivity contribution >= 4 is 0 Å². The number of hydrogen-bond acceptors (Lipinski definition) is 4. The van der Waals surface area contributed by atoms with Crippen LogP contribution < -0.4 is 5.32 Å². The highest BCUT2D eigenvalue weighted by Crippen LogP contribution is 1.90. The summed E-state index contributed by atoms with van der Waals surface area (Å²) in [6, 6.07) is 0. The molecule has 0 aliphatic carbocycles. The largest absolute Gasteiger partial charge is 0.310 e. The molecule has 5 heteroatoms. The van der Waals surface area contributed by atoms with E-state index in [-0.39, 0.29) is 0 Å². The fraction of sp³-hybridized carbons (Fsp3) is 0.800. The molecule has 0 aliphatic rings. The molecule has 1 N–H and O–H groups in total. The molecule has 0 atom stereocenters. The van der Waals surface area contributed by atoms with Gasteiger partial charge in [-0.2, -0.15) is 0 Å². The summed E-state index contributed by atoms with van der Waals surface area (Å²) in [7, 11) is 1.88. The molecule has 0 fully saturated rings. The van der Waals surface area contributed by atoms with Crippen LogP contribution in [0.1, 0.15) is 19.5 Å². The third-order valence-corrected chi connectivity index (χ3v) is 2.46. The van der Waals surface area contributed by atoms with E-state index in [9.17, 15) is 0 Å². The molecule has 0 saturated heterocycles. The number of nitrogens with zero attached hydrogens (tertiary/aromatic N) is 4. The van der Waals surface area contributed by atoms with Gasteiger partial charge in [-0.15, -0.1) is 5.10 Å². The van der Waals surface area contributed by atoms with Crippen molar-refractivity contribution in [1.82, 2.24) is 25.2 Å². The van der Waals surface area contributed by atoms with Crippen LogP contribution in [-0.2, 0) is 13.6 Å². The minimum atomic E-state index is 0.801. The molecule has 0 radical (unpaired) electrons. The van der Waals surface area contributed by atoms with E-state index in [0.717, 1.165) is 38.4 Å². The first kappa shape index (κ1) is 12.1. The number of rotatable bonds is 7. The second kappa shape index (κ2) is 6.53. The number of aromatic nitrogens is 3. The molecular weight excluding hydrogens is 190 g/mol. The van der Waals surface area contributed by atoms with Gasteiger partial charge in [0.05, 0.1) is 5.69 Å². The second-order valence-electron chi connectivity index (χ2n) is 3.59. The fourth-order valence-electron chi connectivity index (χ4n) is 1.47. The summed E-state index contributed by atoms with van der Waals surface area (Å²) in [5, 5.41) is 11.2. The molecule has 0 aromatic carbocycles. The van der Waals surface area contributed by atoms with Crippen LogP contribution in [0.25, 0.3) is 0 Å². The van der Waals surface area contributed by atoms with Crippen LogP contribution in [0.15, 0.2) is 6.20 Å². The summed E-state index contributed by atoms with van der Waals surface area (Å²) in [4.78, 5) is 2.39. The van der Waals surface area contributed by atoms with Gasteiger partial charge < -0.3 is 10.2 Å². The Hall–Kier alpha value is -0.940. The van der Waals surface area contributed by atoms with Crippen molar-refractivity contribution in [3.63, 3.8) is 0 Å². The SMILES string of the molecule is CCN(CC)CCNCc1cn(C)nn1. The van der Waals surface area contributed by atoms with Crippen LogP contribution in [0.2, 0.25) is 0 Å². The van der Waals surface area contributed by atoms with E-state index in [0.29, 0.717) is 0 Å². The highest BCUT2D eigenvalue weighted by Gasteiger charge is 1.99. The zero-order valence-corrected chi connectivity index (χ0v) is 9.90. The van der Waals surface area contributed by atoms with E-state index in [1.165, 1.54) is 0 Å². The van der Waals surface area contributed by atoms with E-state index in [2.05, 4.69) is 34.4 Å². The van der Waals surface area contributed by atoms with E-state index in [4.69, 9.17) is 0 Å².